The molecule has 26 heavy (non-hydrogen) atoms. The van der Waals surface area contributed by atoms with Gasteiger partial charge in [0.15, 0.2) is 6.61 Å². The average Bonchev–Trinajstić information content (AvgIpc) is 3.30. The molecule has 0 N–H and O–H groups in total. The summed E-state index contributed by atoms with van der Waals surface area (Å²) in [5.74, 6) is 3.08. The second-order valence-electron chi connectivity index (χ2n) is 6.58. The summed E-state index contributed by atoms with van der Waals surface area (Å²) in [5, 5.41) is 4.04. The predicted molar refractivity (Wildman–Crippen MR) is 95.3 cm³/mol. The minimum Gasteiger partial charge on any atom is -0.485 e. The number of nitrogens with zero attached hydrogens (tertiary/aromatic N) is 5. The Hall–Kier alpha value is -2.67. The summed E-state index contributed by atoms with van der Waals surface area (Å²) in [6.45, 7) is 1.95. The van der Waals surface area contributed by atoms with Crippen LogP contribution >= 0.6 is 0 Å². The zero-order valence-electron chi connectivity index (χ0n) is 14.9. The molecule has 7 nitrogen and oxygen atoms in total. The van der Waals surface area contributed by atoms with Crippen LogP contribution < -0.4 is 4.74 Å². The number of benzene rings is 1. The molecule has 0 unspecified atom stereocenters. The Kier molecular flexibility index (Phi) is 4.97. The molecule has 2 aromatic heterocycles. The molecule has 3 heterocycles. The van der Waals surface area contributed by atoms with Crippen molar-refractivity contribution < 1.29 is 9.26 Å². The van der Waals surface area contributed by atoms with E-state index in [-0.39, 0.29) is 0 Å². The van der Waals surface area contributed by atoms with Crippen LogP contribution in [-0.4, -0.2) is 31.1 Å². The molecule has 1 aliphatic heterocycles. The SMILES string of the molecule is Cn1ccnc1[C@@H]1CCCCN1Cc1nc(COc2ccccc2)no1. The third-order valence-corrected chi connectivity index (χ3v) is 4.73. The number of aryl methyl sites for hydroxylation is 1. The van der Waals surface area contributed by atoms with Gasteiger partial charge in [-0.2, -0.15) is 4.98 Å². The van der Waals surface area contributed by atoms with E-state index in [0.717, 1.165) is 24.5 Å². The maximum atomic E-state index is 5.68. The van der Waals surface area contributed by atoms with Crippen molar-refractivity contribution in [1.82, 2.24) is 24.6 Å². The van der Waals surface area contributed by atoms with Gasteiger partial charge in [0.2, 0.25) is 11.7 Å². The van der Waals surface area contributed by atoms with Crippen molar-refractivity contribution in [3.63, 3.8) is 0 Å². The van der Waals surface area contributed by atoms with Crippen molar-refractivity contribution in [3.8, 4) is 5.75 Å². The van der Waals surface area contributed by atoms with Crippen LogP contribution in [0.5, 0.6) is 5.75 Å². The highest BCUT2D eigenvalue weighted by Crippen LogP contribution is 2.30. The monoisotopic (exact) mass is 353 g/mol. The van der Waals surface area contributed by atoms with Crippen LogP contribution in [0, 0.1) is 0 Å². The minimum atomic E-state index is 0.291. The van der Waals surface area contributed by atoms with E-state index in [1.807, 2.05) is 49.8 Å². The molecular weight excluding hydrogens is 330 g/mol. The molecule has 0 spiro atoms. The van der Waals surface area contributed by atoms with Crippen LogP contribution in [0.15, 0.2) is 47.2 Å². The summed E-state index contributed by atoms with van der Waals surface area (Å²) in [6.07, 6.45) is 7.34. The van der Waals surface area contributed by atoms with Crippen LogP contribution in [0.1, 0.15) is 42.8 Å². The van der Waals surface area contributed by atoms with Gasteiger partial charge in [0.1, 0.15) is 11.6 Å². The van der Waals surface area contributed by atoms with Crippen molar-refractivity contribution in [3.05, 3.63) is 60.3 Å². The quantitative estimate of drug-likeness (QED) is 0.678. The first-order valence-electron chi connectivity index (χ1n) is 9.00. The molecule has 0 aliphatic carbocycles. The van der Waals surface area contributed by atoms with Crippen LogP contribution in [0.4, 0.5) is 0 Å². The Labute approximate surface area is 152 Å². The molecule has 7 heteroatoms. The molecule has 0 amide bonds. The molecule has 1 saturated heterocycles. The largest absolute Gasteiger partial charge is 0.485 e. The van der Waals surface area contributed by atoms with E-state index >= 15 is 0 Å². The summed E-state index contributed by atoms with van der Waals surface area (Å²) in [6, 6.07) is 9.93. The number of imidazole rings is 1. The highest BCUT2D eigenvalue weighted by Gasteiger charge is 2.28. The van der Waals surface area contributed by atoms with Crippen molar-refractivity contribution in [1.29, 1.82) is 0 Å². The Bertz CT molecular complexity index is 829. The fourth-order valence-corrected chi connectivity index (χ4v) is 3.42. The average molecular weight is 353 g/mol. The molecule has 1 aliphatic rings. The number of likely N-dealkylation sites (tertiary alicyclic amines) is 1. The molecule has 0 bridgehead atoms. The van der Waals surface area contributed by atoms with Crippen molar-refractivity contribution >= 4 is 0 Å². The van der Waals surface area contributed by atoms with Crippen LogP contribution in [-0.2, 0) is 20.2 Å². The van der Waals surface area contributed by atoms with E-state index in [0.29, 0.717) is 30.9 Å². The molecule has 0 saturated carbocycles. The van der Waals surface area contributed by atoms with Gasteiger partial charge in [-0.3, -0.25) is 4.90 Å². The molecule has 4 rings (SSSR count). The van der Waals surface area contributed by atoms with Crippen LogP contribution in [0.3, 0.4) is 0 Å². The topological polar surface area (TPSA) is 69.2 Å². The predicted octanol–water partition coefficient (Wildman–Crippen LogP) is 3.11. The van der Waals surface area contributed by atoms with Gasteiger partial charge in [-0.1, -0.05) is 29.8 Å². The molecule has 0 radical (unpaired) electrons. The van der Waals surface area contributed by atoms with E-state index in [9.17, 15) is 0 Å². The third-order valence-electron chi connectivity index (χ3n) is 4.73. The smallest absolute Gasteiger partial charge is 0.240 e. The van der Waals surface area contributed by atoms with Crippen molar-refractivity contribution in [2.24, 2.45) is 7.05 Å². The van der Waals surface area contributed by atoms with E-state index < -0.39 is 0 Å². The summed E-state index contributed by atoms with van der Waals surface area (Å²) in [7, 11) is 2.04. The number of hydrogen-bond donors (Lipinski definition) is 0. The van der Waals surface area contributed by atoms with Gasteiger partial charge in [-0.15, -0.1) is 0 Å². The lowest BCUT2D eigenvalue weighted by atomic mass is 10.0. The van der Waals surface area contributed by atoms with Crippen LogP contribution in [0.2, 0.25) is 0 Å². The lowest BCUT2D eigenvalue weighted by molar-refractivity contribution is 0.116. The highest BCUT2D eigenvalue weighted by molar-refractivity contribution is 5.20. The lowest BCUT2D eigenvalue weighted by Gasteiger charge is -2.34. The fraction of sp³-hybridized carbons (Fsp3) is 0.421. The molecule has 1 aromatic carbocycles. The van der Waals surface area contributed by atoms with Gasteiger partial charge in [0.05, 0.1) is 12.6 Å². The number of aromatic nitrogens is 4. The number of ether oxygens (including phenoxy) is 1. The summed E-state index contributed by atoms with van der Waals surface area (Å²) in [4.78, 5) is 11.4. The molecular formula is C19H23N5O2. The van der Waals surface area contributed by atoms with Gasteiger partial charge in [-0.05, 0) is 31.5 Å². The zero-order valence-corrected chi connectivity index (χ0v) is 14.9. The van der Waals surface area contributed by atoms with E-state index in [2.05, 4.69) is 24.6 Å². The van der Waals surface area contributed by atoms with E-state index in [1.165, 1.54) is 12.8 Å². The third kappa shape index (κ3) is 3.77. The summed E-state index contributed by atoms with van der Waals surface area (Å²) >= 11 is 0. The Morgan fingerprint density at radius 3 is 2.92 bits per heavy atom. The highest BCUT2D eigenvalue weighted by atomic mass is 16.5. The van der Waals surface area contributed by atoms with Gasteiger partial charge < -0.3 is 13.8 Å². The molecule has 136 valence electrons. The maximum absolute atomic E-state index is 5.68. The van der Waals surface area contributed by atoms with E-state index in [1.54, 1.807) is 0 Å². The lowest BCUT2D eigenvalue weighted by Crippen LogP contribution is -2.34. The second-order valence-corrected chi connectivity index (χ2v) is 6.58. The van der Waals surface area contributed by atoms with Gasteiger partial charge in [0, 0.05) is 19.4 Å². The van der Waals surface area contributed by atoms with Gasteiger partial charge in [0.25, 0.3) is 0 Å². The van der Waals surface area contributed by atoms with Crippen molar-refractivity contribution in [2.45, 2.75) is 38.5 Å². The summed E-state index contributed by atoms with van der Waals surface area (Å²) in [5.41, 5.74) is 0. The van der Waals surface area contributed by atoms with Crippen molar-refractivity contribution in [2.75, 3.05) is 6.54 Å². The summed E-state index contributed by atoms with van der Waals surface area (Å²) < 4.78 is 13.2. The second kappa shape index (κ2) is 7.70. The number of para-hydroxylation sites is 1. The standard InChI is InChI=1S/C19H23N5O2/c1-23-12-10-20-19(23)16-9-5-6-11-24(16)13-18-21-17(22-26-18)14-25-15-7-3-2-4-8-15/h2-4,7-8,10,12,16H,5-6,9,11,13-14H2,1H3/t16-/m0/s1. The number of hydrogen-bond acceptors (Lipinski definition) is 6. The Morgan fingerprint density at radius 2 is 2.12 bits per heavy atom. The molecule has 3 aromatic rings. The fourth-order valence-electron chi connectivity index (χ4n) is 3.42. The molecule has 1 fully saturated rings. The Morgan fingerprint density at radius 1 is 1.23 bits per heavy atom. The number of rotatable bonds is 6. The van der Waals surface area contributed by atoms with Crippen LogP contribution in [0.25, 0.3) is 0 Å². The first-order valence-corrected chi connectivity index (χ1v) is 9.00. The minimum absolute atomic E-state index is 0.291. The number of piperidine rings is 1. The normalized spacial score (nSPS) is 18.1. The maximum Gasteiger partial charge on any atom is 0.240 e. The first kappa shape index (κ1) is 16.8. The first-order chi connectivity index (χ1) is 12.8. The zero-order chi connectivity index (χ0) is 17.8. The molecule has 1 atom stereocenters. The Balaban J connectivity index is 1.40. The van der Waals surface area contributed by atoms with E-state index in [4.69, 9.17) is 9.26 Å². The van der Waals surface area contributed by atoms with Gasteiger partial charge in [-0.25, -0.2) is 4.98 Å². The van der Waals surface area contributed by atoms with Gasteiger partial charge >= 0.3 is 0 Å².